The maximum Gasteiger partial charge on any atom is 0.251 e. The van der Waals surface area contributed by atoms with E-state index in [4.69, 9.17) is 21.3 Å². The lowest BCUT2D eigenvalue weighted by Crippen LogP contribution is -2.28. The molecule has 4 rings (SSSR count). The van der Waals surface area contributed by atoms with Gasteiger partial charge in [-0.05, 0) is 68.3 Å². The molecule has 0 aliphatic rings. The van der Waals surface area contributed by atoms with Crippen molar-refractivity contribution in [3.63, 3.8) is 0 Å². The number of fused-ring (bicyclic) bond motifs is 1. The van der Waals surface area contributed by atoms with Crippen LogP contribution in [0.5, 0.6) is 5.75 Å². The Morgan fingerprint density at radius 1 is 1.00 bits per heavy atom. The average Bonchev–Trinajstić information content (AvgIpc) is 3.19. The molecule has 1 amide bonds. The van der Waals surface area contributed by atoms with Gasteiger partial charge < -0.3 is 14.6 Å². The van der Waals surface area contributed by atoms with E-state index in [1.54, 1.807) is 24.3 Å². The number of hydrogen-bond acceptors (Lipinski definition) is 3. The number of ether oxygens (including phenoxy) is 1. The van der Waals surface area contributed by atoms with E-state index in [0.29, 0.717) is 17.2 Å². The zero-order valence-electron chi connectivity index (χ0n) is 18.0. The van der Waals surface area contributed by atoms with Crippen LogP contribution in [-0.2, 0) is 6.54 Å². The van der Waals surface area contributed by atoms with E-state index >= 15 is 0 Å². The summed E-state index contributed by atoms with van der Waals surface area (Å²) in [6.07, 6.45) is 1.87. The largest absolute Gasteiger partial charge is 0.494 e. The molecule has 1 N–H and O–H groups in total. The van der Waals surface area contributed by atoms with Crippen LogP contribution in [0.15, 0.2) is 78.9 Å². The molecule has 0 saturated carbocycles. The number of carbonyl (C=O) groups excluding carboxylic acids is 1. The van der Waals surface area contributed by atoms with Crippen LogP contribution in [0.3, 0.4) is 0 Å². The standard InChI is InChI=1S/C26H26ClN3O2/c1-19(28-26(31)20-13-15-21(27)16-14-20)25-29-23-11-5-6-12-24(23)30(25)17-7-8-18-32-22-9-3-2-4-10-22/h2-6,9-16,19H,7-8,17-18H2,1H3,(H,28,31). The van der Waals surface area contributed by atoms with Gasteiger partial charge in [-0.25, -0.2) is 4.98 Å². The van der Waals surface area contributed by atoms with E-state index in [-0.39, 0.29) is 11.9 Å². The molecule has 0 fully saturated rings. The minimum Gasteiger partial charge on any atom is -0.494 e. The Labute approximate surface area is 193 Å². The molecule has 164 valence electrons. The fourth-order valence-electron chi connectivity index (χ4n) is 3.68. The van der Waals surface area contributed by atoms with Gasteiger partial charge in [0.2, 0.25) is 0 Å². The molecule has 4 aromatic rings. The van der Waals surface area contributed by atoms with E-state index < -0.39 is 0 Å². The minimum absolute atomic E-state index is 0.149. The molecule has 0 bridgehead atoms. The van der Waals surface area contributed by atoms with Crippen molar-refractivity contribution < 1.29 is 9.53 Å². The molecule has 1 unspecified atom stereocenters. The molecule has 1 heterocycles. The lowest BCUT2D eigenvalue weighted by atomic mass is 10.2. The second kappa shape index (κ2) is 10.3. The first-order chi connectivity index (χ1) is 15.6. The monoisotopic (exact) mass is 447 g/mol. The molecule has 0 saturated heterocycles. The highest BCUT2D eigenvalue weighted by molar-refractivity contribution is 6.30. The van der Waals surface area contributed by atoms with Gasteiger partial charge >= 0.3 is 0 Å². The van der Waals surface area contributed by atoms with Crippen LogP contribution in [0.2, 0.25) is 5.02 Å². The van der Waals surface area contributed by atoms with E-state index in [9.17, 15) is 4.79 Å². The SMILES string of the molecule is CC(NC(=O)c1ccc(Cl)cc1)c1nc2ccccc2n1CCCCOc1ccccc1. The molecule has 0 spiro atoms. The number of benzene rings is 3. The number of unbranched alkanes of at least 4 members (excludes halogenated alkanes) is 1. The van der Waals surface area contributed by atoms with Crippen molar-refractivity contribution >= 4 is 28.5 Å². The lowest BCUT2D eigenvalue weighted by molar-refractivity contribution is 0.0937. The van der Waals surface area contributed by atoms with Crippen molar-refractivity contribution in [2.45, 2.75) is 32.4 Å². The number of nitrogens with zero attached hydrogens (tertiary/aromatic N) is 2. The van der Waals surface area contributed by atoms with Crippen molar-refractivity contribution in [3.05, 3.63) is 95.3 Å². The Morgan fingerprint density at radius 3 is 2.50 bits per heavy atom. The lowest BCUT2D eigenvalue weighted by Gasteiger charge is -2.16. The summed E-state index contributed by atoms with van der Waals surface area (Å²) in [5, 5.41) is 3.67. The highest BCUT2D eigenvalue weighted by Gasteiger charge is 2.19. The van der Waals surface area contributed by atoms with Gasteiger partial charge in [0.25, 0.3) is 5.91 Å². The third kappa shape index (κ3) is 5.29. The van der Waals surface area contributed by atoms with Crippen molar-refractivity contribution in [1.82, 2.24) is 14.9 Å². The number of nitrogens with one attached hydrogen (secondary N) is 1. The van der Waals surface area contributed by atoms with Gasteiger partial charge in [-0.1, -0.05) is 41.9 Å². The third-order valence-corrected chi connectivity index (χ3v) is 5.57. The number of hydrogen-bond donors (Lipinski definition) is 1. The van der Waals surface area contributed by atoms with Gasteiger partial charge in [0, 0.05) is 17.1 Å². The van der Waals surface area contributed by atoms with Crippen LogP contribution in [0.25, 0.3) is 11.0 Å². The van der Waals surface area contributed by atoms with Crippen molar-refractivity contribution in [1.29, 1.82) is 0 Å². The zero-order valence-corrected chi connectivity index (χ0v) is 18.8. The highest BCUT2D eigenvalue weighted by atomic mass is 35.5. The van der Waals surface area contributed by atoms with E-state index in [1.165, 1.54) is 0 Å². The predicted octanol–water partition coefficient (Wildman–Crippen LogP) is 6.04. The number of para-hydroxylation sites is 3. The summed E-state index contributed by atoms with van der Waals surface area (Å²) < 4.78 is 8.01. The van der Waals surface area contributed by atoms with Crippen molar-refractivity contribution in [2.75, 3.05) is 6.61 Å². The first-order valence-electron chi connectivity index (χ1n) is 10.8. The van der Waals surface area contributed by atoms with Gasteiger partial charge in [-0.2, -0.15) is 0 Å². The van der Waals surface area contributed by atoms with E-state index in [2.05, 4.69) is 16.0 Å². The quantitative estimate of drug-likeness (QED) is 0.318. The van der Waals surface area contributed by atoms with Crippen molar-refractivity contribution in [3.8, 4) is 5.75 Å². The summed E-state index contributed by atoms with van der Waals surface area (Å²) in [5.74, 6) is 1.58. The number of aromatic nitrogens is 2. The number of amides is 1. The summed E-state index contributed by atoms with van der Waals surface area (Å²) in [6, 6.07) is 24.5. The molecule has 3 aromatic carbocycles. The number of halogens is 1. The van der Waals surface area contributed by atoms with E-state index in [1.807, 2.05) is 55.5 Å². The molecule has 0 radical (unpaired) electrons. The number of imidazole rings is 1. The predicted molar refractivity (Wildman–Crippen MR) is 128 cm³/mol. The molecule has 0 aliphatic heterocycles. The van der Waals surface area contributed by atoms with Gasteiger partial charge in [0.15, 0.2) is 0 Å². The summed E-state index contributed by atoms with van der Waals surface area (Å²) in [6.45, 7) is 3.42. The number of aryl methyl sites for hydroxylation is 1. The third-order valence-electron chi connectivity index (χ3n) is 5.31. The first kappa shape index (κ1) is 21.9. The van der Waals surface area contributed by atoms with Crippen LogP contribution in [-0.4, -0.2) is 22.1 Å². The van der Waals surface area contributed by atoms with Gasteiger partial charge in [0.05, 0.1) is 23.7 Å². The zero-order chi connectivity index (χ0) is 22.3. The molecule has 32 heavy (non-hydrogen) atoms. The smallest absolute Gasteiger partial charge is 0.251 e. The van der Waals surface area contributed by atoms with Crippen LogP contribution < -0.4 is 10.1 Å². The molecule has 1 atom stereocenters. The maximum atomic E-state index is 12.7. The number of rotatable bonds is 9. The highest BCUT2D eigenvalue weighted by Crippen LogP contribution is 2.22. The van der Waals surface area contributed by atoms with Gasteiger partial charge in [0.1, 0.15) is 11.6 Å². The molecule has 0 aliphatic carbocycles. The molecule has 5 nitrogen and oxygen atoms in total. The second-order valence-electron chi connectivity index (χ2n) is 7.68. The van der Waals surface area contributed by atoms with Crippen LogP contribution in [0.1, 0.15) is 42.0 Å². The second-order valence-corrected chi connectivity index (χ2v) is 8.12. The normalized spacial score (nSPS) is 11.9. The number of carbonyl (C=O) groups is 1. The average molecular weight is 448 g/mol. The fraction of sp³-hybridized carbons (Fsp3) is 0.231. The topological polar surface area (TPSA) is 56.2 Å². The van der Waals surface area contributed by atoms with Crippen LogP contribution >= 0.6 is 11.6 Å². The minimum atomic E-state index is -0.244. The maximum absolute atomic E-state index is 12.7. The van der Waals surface area contributed by atoms with Gasteiger partial charge in [-0.15, -0.1) is 0 Å². The van der Waals surface area contributed by atoms with Crippen LogP contribution in [0.4, 0.5) is 0 Å². The summed E-state index contributed by atoms with van der Waals surface area (Å²) in [4.78, 5) is 17.5. The molecular weight excluding hydrogens is 422 g/mol. The van der Waals surface area contributed by atoms with Crippen LogP contribution in [0, 0.1) is 0 Å². The summed E-state index contributed by atoms with van der Waals surface area (Å²) in [5.41, 5.74) is 2.57. The summed E-state index contributed by atoms with van der Waals surface area (Å²) >= 11 is 5.94. The Morgan fingerprint density at radius 2 is 1.72 bits per heavy atom. The fourth-order valence-corrected chi connectivity index (χ4v) is 3.81. The molecular formula is C26H26ClN3O2. The van der Waals surface area contributed by atoms with Crippen molar-refractivity contribution in [2.24, 2.45) is 0 Å². The first-order valence-corrected chi connectivity index (χ1v) is 11.2. The molecule has 1 aromatic heterocycles. The van der Waals surface area contributed by atoms with Gasteiger partial charge in [-0.3, -0.25) is 4.79 Å². The Bertz CT molecular complexity index is 1170. The Hall–Kier alpha value is -3.31. The Kier molecular flexibility index (Phi) is 7.07. The Balaban J connectivity index is 1.43. The van der Waals surface area contributed by atoms with E-state index in [0.717, 1.165) is 42.0 Å². The molecule has 6 heteroatoms. The summed E-state index contributed by atoms with van der Waals surface area (Å²) in [7, 11) is 0.